The van der Waals surface area contributed by atoms with Crippen molar-refractivity contribution in [2.45, 2.75) is 13.8 Å². The van der Waals surface area contributed by atoms with E-state index in [9.17, 15) is 4.79 Å². The lowest BCUT2D eigenvalue weighted by Crippen LogP contribution is -2.08. The molecule has 0 saturated carbocycles. The van der Waals surface area contributed by atoms with Gasteiger partial charge < -0.3 is 14.2 Å². The van der Waals surface area contributed by atoms with Gasteiger partial charge in [0.1, 0.15) is 17.2 Å². The van der Waals surface area contributed by atoms with Gasteiger partial charge in [-0.3, -0.25) is 0 Å². The molecule has 0 atom stereocenters. The molecule has 4 heteroatoms. The molecule has 3 aromatic rings. The fourth-order valence-electron chi connectivity index (χ4n) is 2.65. The molecule has 0 aromatic heterocycles. The van der Waals surface area contributed by atoms with E-state index in [1.54, 1.807) is 36.4 Å². The number of ether oxygens (including phenoxy) is 3. The third-order valence-electron chi connectivity index (χ3n) is 3.96. The molecule has 3 rings (SSSR count). The minimum Gasteiger partial charge on any atom is -0.494 e. The van der Waals surface area contributed by atoms with E-state index in [0.717, 1.165) is 22.6 Å². The predicted molar refractivity (Wildman–Crippen MR) is 106 cm³/mol. The second-order valence-electron chi connectivity index (χ2n) is 5.83. The number of carbonyl (C=O) groups is 1. The van der Waals surface area contributed by atoms with Crippen LogP contribution in [0.4, 0.5) is 0 Å². The zero-order valence-electron chi connectivity index (χ0n) is 15.5. The zero-order chi connectivity index (χ0) is 19.1. The lowest BCUT2D eigenvalue weighted by Gasteiger charge is -2.08. The Hall–Kier alpha value is -3.27. The van der Waals surface area contributed by atoms with Crippen molar-refractivity contribution < 1.29 is 19.0 Å². The zero-order valence-corrected chi connectivity index (χ0v) is 15.5. The van der Waals surface area contributed by atoms with Gasteiger partial charge in [-0.15, -0.1) is 0 Å². The first-order valence-corrected chi connectivity index (χ1v) is 8.98. The van der Waals surface area contributed by atoms with Crippen molar-refractivity contribution in [3.8, 4) is 28.4 Å². The highest BCUT2D eigenvalue weighted by molar-refractivity contribution is 5.91. The first-order valence-electron chi connectivity index (χ1n) is 8.98. The summed E-state index contributed by atoms with van der Waals surface area (Å²) in [6.07, 6.45) is 0. The van der Waals surface area contributed by atoms with E-state index in [4.69, 9.17) is 14.2 Å². The van der Waals surface area contributed by atoms with E-state index >= 15 is 0 Å². The highest BCUT2D eigenvalue weighted by Gasteiger charge is 2.09. The van der Waals surface area contributed by atoms with Crippen LogP contribution in [0.2, 0.25) is 0 Å². The van der Waals surface area contributed by atoms with Crippen molar-refractivity contribution >= 4 is 5.97 Å². The summed E-state index contributed by atoms with van der Waals surface area (Å²) in [5.41, 5.74) is 2.58. The summed E-state index contributed by atoms with van der Waals surface area (Å²) in [4.78, 5) is 12.3. The van der Waals surface area contributed by atoms with Crippen molar-refractivity contribution in [1.29, 1.82) is 0 Å². The maximum atomic E-state index is 12.3. The topological polar surface area (TPSA) is 44.8 Å². The van der Waals surface area contributed by atoms with Crippen LogP contribution in [0.3, 0.4) is 0 Å². The molecule has 0 aliphatic heterocycles. The third kappa shape index (κ3) is 4.88. The molecule has 0 N–H and O–H groups in total. The Morgan fingerprint density at radius 3 is 1.52 bits per heavy atom. The maximum absolute atomic E-state index is 12.3. The summed E-state index contributed by atoms with van der Waals surface area (Å²) in [6, 6.07) is 22.2. The second-order valence-corrected chi connectivity index (χ2v) is 5.83. The van der Waals surface area contributed by atoms with E-state index in [1.807, 2.05) is 50.2 Å². The molecule has 0 aliphatic rings. The van der Waals surface area contributed by atoms with Crippen LogP contribution >= 0.6 is 0 Å². The van der Waals surface area contributed by atoms with Gasteiger partial charge in [0.15, 0.2) is 0 Å². The lowest BCUT2D eigenvalue weighted by molar-refractivity contribution is 0.0734. The van der Waals surface area contributed by atoms with Crippen LogP contribution < -0.4 is 14.2 Å². The smallest absolute Gasteiger partial charge is 0.343 e. The van der Waals surface area contributed by atoms with Crippen molar-refractivity contribution in [3.63, 3.8) is 0 Å². The highest BCUT2D eigenvalue weighted by atomic mass is 16.5. The molecular weight excluding hydrogens is 340 g/mol. The molecule has 4 nitrogen and oxygen atoms in total. The van der Waals surface area contributed by atoms with Crippen molar-refractivity contribution in [1.82, 2.24) is 0 Å². The van der Waals surface area contributed by atoms with Gasteiger partial charge in [-0.25, -0.2) is 4.79 Å². The molecule has 0 amide bonds. The van der Waals surface area contributed by atoms with E-state index in [2.05, 4.69) is 0 Å². The molecule has 0 unspecified atom stereocenters. The van der Waals surface area contributed by atoms with E-state index < -0.39 is 5.97 Å². The lowest BCUT2D eigenvalue weighted by atomic mass is 10.0. The van der Waals surface area contributed by atoms with Crippen molar-refractivity contribution in [2.24, 2.45) is 0 Å². The maximum Gasteiger partial charge on any atom is 0.343 e. The molecule has 0 bridgehead atoms. The molecule has 0 radical (unpaired) electrons. The van der Waals surface area contributed by atoms with Crippen LogP contribution in [0, 0.1) is 0 Å². The van der Waals surface area contributed by atoms with Crippen LogP contribution in [0.25, 0.3) is 11.1 Å². The number of esters is 1. The minimum atomic E-state index is -0.391. The summed E-state index contributed by atoms with van der Waals surface area (Å²) in [7, 11) is 0. The van der Waals surface area contributed by atoms with Gasteiger partial charge in [0.05, 0.1) is 18.8 Å². The molecule has 0 saturated heterocycles. The Morgan fingerprint density at radius 1 is 0.630 bits per heavy atom. The standard InChI is InChI=1S/C23H22O4/c1-3-25-20-11-9-18(10-12-20)17-5-7-19(8-6-17)23(24)27-22-15-13-21(14-16-22)26-4-2/h5-16H,3-4H2,1-2H3. The number of hydrogen-bond acceptors (Lipinski definition) is 4. The van der Waals surface area contributed by atoms with Crippen LogP contribution in [0.15, 0.2) is 72.8 Å². The Bertz CT molecular complexity index is 866. The van der Waals surface area contributed by atoms with Gasteiger partial charge in [0.25, 0.3) is 0 Å². The Labute approximate surface area is 159 Å². The number of carbonyl (C=O) groups excluding carboxylic acids is 1. The molecule has 0 aliphatic carbocycles. The first-order chi connectivity index (χ1) is 13.2. The molecule has 0 spiro atoms. The normalized spacial score (nSPS) is 10.3. The molecule has 0 heterocycles. The fraction of sp³-hybridized carbons (Fsp3) is 0.174. The highest BCUT2D eigenvalue weighted by Crippen LogP contribution is 2.24. The van der Waals surface area contributed by atoms with Crippen LogP contribution in [0.5, 0.6) is 17.2 Å². The average Bonchev–Trinajstić information content (AvgIpc) is 2.71. The molecule has 138 valence electrons. The molecule has 0 fully saturated rings. The molecule has 3 aromatic carbocycles. The monoisotopic (exact) mass is 362 g/mol. The van der Waals surface area contributed by atoms with Crippen LogP contribution in [0.1, 0.15) is 24.2 Å². The van der Waals surface area contributed by atoms with Gasteiger partial charge in [-0.2, -0.15) is 0 Å². The Kier molecular flexibility index (Phi) is 6.10. The summed E-state index contributed by atoms with van der Waals surface area (Å²) >= 11 is 0. The second kappa shape index (κ2) is 8.90. The largest absolute Gasteiger partial charge is 0.494 e. The number of benzene rings is 3. The van der Waals surface area contributed by atoms with Gasteiger partial charge >= 0.3 is 5.97 Å². The molecule has 27 heavy (non-hydrogen) atoms. The van der Waals surface area contributed by atoms with Gasteiger partial charge in [0.2, 0.25) is 0 Å². The number of hydrogen-bond donors (Lipinski definition) is 0. The van der Waals surface area contributed by atoms with Crippen LogP contribution in [-0.4, -0.2) is 19.2 Å². The number of rotatable bonds is 7. The summed E-state index contributed by atoms with van der Waals surface area (Å²) in [6.45, 7) is 5.12. The van der Waals surface area contributed by atoms with Gasteiger partial charge in [-0.1, -0.05) is 24.3 Å². The predicted octanol–water partition coefficient (Wildman–Crippen LogP) is 5.37. The van der Waals surface area contributed by atoms with Crippen LogP contribution in [-0.2, 0) is 0 Å². The third-order valence-corrected chi connectivity index (χ3v) is 3.96. The van der Waals surface area contributed by atoms with Crippen molar-refractivity contribution in [2.75, 3.05) is 13.2 Å². The summed E-state index contributed by atoms with van der Waals surface area (Å²) in [5.74, 6) is 1.69. The van der Waals surface area contributed by atoms with E-state index in [-0.39, 0.29) is 0 Å². The first kappa shape index (κ1) is 18.5. The minimum absolute atomic E-state index is 0.391. The summed E-state index contributed by atoms with van der Waals surface area (Å²) < 4.78 is 16.2. The van der Waals surface area contributed by atoms with Gasteiger partial charge in [-0.05, 0) is 73.5 Å². The average molecular weight is 362 g/mol. The van der Waals surface area contributed by atoms with Crippen molar-refractivity contribution in [3.05, 3.63) is 78.4 Å². The summed E-state index contributed by atoms with van der Waals surface area (Å²) in [5, 5.41) is 0. The molecular formula is C23H22O4. The Morgan fingerprint density at radius 2 is 1.04 bits per heavy atom. The fourth-order valence-corrected chi connectivity index (χ4v) is 2.65. The van der Waals surface area contributed by atoms with E-state index in [0.29, 0.717) is 24.5 Å². The quantitative estimate of drug-likeness (QED) is 0.419. The Balaban J connectivity index is 1.66. The van der Waals surface area contributed by atoms with E-state index in [1.165, 1.54) is 0 Å². The van der Waals surface area contributed by atoms with Gasteiger partial charge in [0, 0.05) is 0 Å². The SMILES string of the molecule is CCOc1ccc(OC(=O)c2ccc(-c3ccc(OCC)cc3)cc2)cc1.